The highest BCUT2D eigenvalue weighted by molar-refractivity contribution is 5.65. The molecule has 1 aliphatic carbocycles. The molecule has 1 saturated carbocycles. The standard InChI is InChI=1S/C29H31F3O2/c1-3-33-18-23-12-13-24(16-27(23)30)34-17-20-6-10-22(11-7-20)26-15-14-25(28(31)29(26)32)21-8-4-19(2)5-9-21/h6-7,10-16,19,21H,3-5,8-9,17-18H2,1-2H3. The number of benzene rings is 3. The summed E-state index contributed by atoms with van der Waals surface area (Å²) in [6.45, 7) is 5.05. The van der Waals surface area contributed by atoms with Gasteiger partial charge in [-0.3, -0.25) is 0 Å². The highest BCUT2D eigenvalue weighted by Crippen LogP contribution is 2.38. The molecule has 180 valence electrons. The fraction of sp³-hybridized carbons (Fsp3) is 0.379. The fourth-order valence-corrected chi connectivity index (χ4v) is 4.57. The van der Waals surface area contributed by atoms with Crippen molar-refractivity contribution in [1.29, 1.82) is 0 Å². The van der Waals surface area contributed by atoms with Gasteiger partial charge < -0.3 is 9.47 Å². The van der Waals surface area contributed by atoms with Crippen molar-refractivity contribution >= 4 is 0 Å². The van der Waals surface area contributed by atoms with E-state index in [1.54, 1.807) is 36.4 Å². The minimum atomic E-state index is -0.789. The minimum Gasteiger partial charge on any atom is -0.489 e. The molecule has 0 heterocycles. The van der Waals surface area contributed by atoms with E-state index in [0.717, 1.165) is 31.2 Å². The predicted molar refractivity (Wildman–Crippen MR) is 128 cm³/mol. The molecule has 0 radical (unpaired) electrons. The molecule has 34 heavy (non-hydrogen) atoms. The maximum atomic E-state index is 15.0. The molecule has 4 rings (SSSR count). The highest BCUT2D eigenvalue weighted by atomic mass is 19.2. The lowest BCUT2D eigenvalue weighted by molar-refractivity contribution is 0.131. The second-order valence-electron chi connectivity index (χ2n) is 9.16. The number of hydrogen-bond donors (Lipinski definition) is 0. The zero-order valence-electron chi connectivity index (χ0n) is 19.8. The summed E-state index contributed by atoms with van der Waals surface area (Å²) in [5.41, 5.74) is 2.69. The van der Waals surface area contributed by atoms with Gasteiger partial charge in [0.05, 0.1) is 6.61 Å². The van der Waals surface area contributed by atoms with Crippen molar-refractivity contribution in [1.82, 2.24) is 0 Å². The molecule has 0 unspecified atom stereocenters. The third kappa shape index (κ3) is 5.64. The predicted octanol–water partition coefficient (Wildman–Crippen LogP) is 8.18. The van der Waals surface area contributed by atoms with E-state index >= 15 is 0 Å². The Balaban J connectivity index is 1.41. The van der Waals surface area contributed by atoms with Gasteiger partial charge in [-0.2, -0.15) is 0 Å². The average molecular weight is 469 g/mol. The first-order chi connectivity index (χ1) is 16.5. The molecule has 0 saturated heterocycles. The molecular weight excluding hydrogens is 437 g/mol. The van der Waals surface area contributed by atoms with Crippen molar-refractivity contribution in [2.75, 3.05) is 6.61 Å². The second kappa shape index (κ2) is 11.1. The molecule has 3 aromatic rings. The Bertz CT molecular complexity index is 1100. The molecular formula is C29H31F3O2. The Hall–Kier alpha value is -2.79. The SMILES string of the molecule is CCOCc1ccc(OCc2ccc(-c3ccc(C4CCC(C)CC4)c(F)c3F)cc2)cc1F. The normalized spacial score (nSPS) is 18.1. The molecule has 5 heteroatoms. The van der Waals surface area contributed by atoms with Crippen LogP contribution in [0.2, 0.25) is 0 Å². The molecule has 0 aromatic heterocycles. The van der Waals surface area contributed by atoms with Gasteiger partial charge in [0, 0.05) is 23.8 Å². The third-order valence-electron chi connectivity index (χ3n) is 6.72. The smallest absolute Gasteiger partial charge is 0.166 e. The van der Waals surface area contributed by atoms with Crippen LogP contribution in [0.4, 0.5) is 13.2 Å². The second-order valence-corrected chi connectivity index (χ2v) is 9.16. The first kappa shape index (κ1) is 24.3. The zero-order valence-corrected chi connectivity index (χ0v) is 19.8. The van der Waals surface area contributed by atoms with Crippen molar-refractivity contribution in [3.05, 3.63) is 88.7 Å². The monoisotopic (exact) mass is 468 g/mol. The molecule has 0 atom stereocenters. The quantitative estimate of drug-likeness (QED) is 0.332. The average Bonchev–Trinajstić information content (AvgIpc) is 2.85. The summed E-state index contributed by atoms with van der Waals surface area (Å²) in [7, 11) is 0. The van der Waals surface area contributed by atoms with Crippen molar-refractivity contribution in [2.45, 2.75) is 58.7 Å². The van der Waals surface area contributed by atoms with Crippen molar-refractivity contribution in [3.8, 4) is 16.9 Å². The Morgan fingerprint density at radius 2 is 1.56 bits per heavy atom. The van der Waals surface area contributed by atoms with Gasteiger partial charge in [-0.25, -0.2) is 13.2 Å². The van der Waals surface area contributed by atoms with Crippen LogP contribution in [0, 0.1) is 23.4 Å². The maximum absolute atomic E-state index is 15.0. The van der Waals surface area contributed by atoms with Crippen LogP contribution in [-0.4, -0.2) is 6.61 Å². The minimum absolute atomic E-state index is 0.0948. The molecule has 2 nitrogen and oxygen atoms in total. The van der Waals surface area contributed by atoms with Gasteiger partial charge in [-0.05, 0) is 54.4 Å². The molecule has 0 spiro atoms. The molecule has 0 amide bonds. The van der Waals surface area contributed by atoms with E-state index in [4.69, 9.17) is 9.47 Å². The Kier molecular flexibility index (Phi) is 7.94. The van der Waals surface area contributed by atoms with Crippen LogP contribution in [0.25, 0.3) is 11.1 Å². The van der Waals surface area contributed by atoms with Crippen molar-refractivity contribution in [3.63, 3.8) is 0 Å². The fourth-order valence-electron chi connectivity index (χ4n) is 4.57. The lowest BCUT2D eigenvalue weighted by atomic mass is 9.79. The summed E-state index contributed by atoms with van der Waals surface area (Å²) >= 11 is 0. The van der Waals surface area contributed by atoms with Gasteiger partial charge in [-0.1, -0.05) is 62.2 Å². The van der Waals surface area contributed by atoms with Gasteiger partial charge >= 0.3 is 0 Å². The van der Waals surface area contributed by atoms with E-state index in [1.165, 1.54) is 6.07 Å². The van der Waals surface area contributed by atoms with Gasteiger partial charge in [0.2, 0.25) is 0 Å². The van der Waals surface area contributed by atoms with Crippen LogP contribution in [-0.2, 0) is 18.0 Å². The maximum Gasteiger partial charge on any atom is 0.166 e. The first-order valence-corrected chi connectivity index (χ1v) is 12.0. The van der Waals surface area contributed by atoms with Gasteiger partial charge in [0.1, 0.15) is 18.2 Å². The van der Waals surface area contributed by atoms with Gasteiger partial charge in [0.25, 0.3) is 0 Å². The summed E-state index contributed by atoms with van der Waals surface area (Å²) in [5, 5.41) is 0. The largest absolute Gasteiger partial charge is 0.489 e. The van der Waals surface area contributed by atoms with Crippen molar-refractivity contribution in [2.24, 2.45) is 5.92 Å². The summed E-state index contributed by atoms with van der Waals surface area (Å²) < 4.78 is 55.0. The lowest BCUT2D eigenvalue weighted by Gasteiger charge is -2.27. The topological polar surface area (TPSA) is 18.5 Å². The first-order valence-electron chi connectivity index (χ1n) is 12.0. The van der Waals surface area contributed by atoms with Crippen LogP contribution < -0.4 is 4.74 Å². The van der Waals surface area contributed by atoms with E-state index in [2.05, 4.69) is 6.92 Å². The van der Waals surface area contributed by atoms with E-state index in [0.29, 0.717) is 35.0 Å². The summed E-state index contributed by atoms with van der Waals surface area (Å²) in [5.74, 6) is -0.711. The van der Waals surface area contributed by atoms with Crippen LogP contribution in [0.5, 0.6) is 5.75 Å². The number of hydrogen-bond acceptors (Lipinski definition) is 2. The van der Waals surface area contributed by atoms with E-state index in [-0.39, 0.29) is 30.5 Å². The van der Waals surface area contributed by atoms with Gasteiger partial charge in [-0.15, -0.1) is 0 Å². The molecule has 0 aliphatic heterocycles. The van der Waals surface area contributed by atoms with E-state index < -0.39 is 11.6 Å². The van der Waals surface area contributed by atoms with Crippen LogP contribution in [0.3, 0.4) is 0 Å². The summed E-state index contributed by atoms with van der Waals surface area (Å²) in [4.78, 5) is 0. The number of ether oxygens (including phenoxy) is 2. The number of halogens is 3. The highest BCUT2D eigenvalue weighted by Gasteiger charge is 2.25. The van der Waals surface area contributed by atoms with Crippen LogP contribution in [0.15, 0.2) is 54.6 Å². The van der Waals surface area contributed by atoms with Crippen LogP contribution >= 0.6 is 0 Å². The molecule has 0 N–H and O–H groups in total. The third-order valence-corrected chi connectivity index (χ3v) is 6.72. The summed E-state index contributed by atoms with van der Waals surface area (Å²) in [6, 6.07) is 15.3. The van der Waals surface area contributed by atoms with E-state index in [1.807, 2.05) is 19.1 Å². The van der Waals surface area contributed by atoms with E-state index in [9.17, 15) is 13.2 Å². The molecule has 0 bridgehead atoms. The Morgan fingerprint density at radius 1 is 0.824 bits per heavy atom. The lowest BCUT2D eigenvalue weighted by Crippen LogP contribution is -2.13. The zero-order chi connectivity index (χ0) is 24.1. The summed E-state index contributed by atoms with van der Waals surface area (Å²) in [6.07, 6.45) is 3.93. The molecule has 1 aliphatic rings. The van der Waals surface area contributed by atoms with Crippen molar-refractivity contribution < 1.29 is 22.6 Å². The Morgan fingerprint density at radius 3 is 2.24 bits per heavy atom. The number of rotatable bonds is 8. The Labute approximate surface area is 199 Å². The molecule has 1 fully saturated rings. The molecule has 3 aromatic carbocycles. The van der Waals surface area contributed by atoms with Crippen LogP contribution in [0.1, 0.15) is 62.1 Å². The van der Waals surface area contributed by atoms with Gasteiger partial charge in [0.15, 0.2) is 11.6 Å².